The van der Waals surface area contributed by atoms with Gasteiger partial charge in [0.2, 0.25) is 5.91 Å². The molecule has 2 atom stereocenters. The minimum absolute atomic E-state index is 0.000830. The molecule has 7 heteroatoms. The number of carbonyl (C=O) groups excluding carboxylic acids is 1. The number of amides is 1. The highest BCUT2D eigenvalue weighted by molar-refractivity contribution is 8.00. The zero-order valence-corrected chi connectivity index (χ0v) is 20.3. The summed E-state index contributed by atoms with van der Waals surface area (Å²) >= 11 is 1.43. The maximum absolute atomic E-state index is 12.9. The SMILES string of the molecule is CC[C@@H](CNC(=O)[C@@H](C)Sc1nnc(-c2ccncc2)n1Cc1ccccc1)c1ccccc1. The Hall–Kier alpha value is -3.45. The summed E-state index contributed by atoms with van der Waals surface area (Å²) < 4.78 is 2.07. The van der Waals surface area contributed by atoms with E-state index in [1.807, 2.05) is 55.5 Å². The number of pyridine rings is 1. The van der Waals surface area contributed by atoms with Crippen LogP contribution in [0.25, 0.3) is 11.4 Å². The van der Waals surface area contributed by atoms with Gasteiger partial charge in [-0.05, 0) is 36.6 Å². The standard InChI is InChI=1S/C27H29N5OS/c1-3-22(23-12-8-5-9-13-23)18-29-26(33)20(2)34-27-31-30-25(24-14-16-28-17-15-24)32(27)19-21-10-6-4-7-11-21/h4-17,20,22H,3,18-19H2,1-2H3,(H,29,33)/t20-,22+/m1/s1. The number of nitrogens with zero attached hydrogens (tertiary/aromatic N) is 4. The molecule has 4 rings (SSSR count). The Labute approximate surface area is 204 Å². The van der Waals surface area contributed by atoms with Crippen LogP contribution in [0.2, 0.25) is 0 Å². The van der Waals surface area contributed by atoms with Crippen molar-refractivity contribution in [3.8, 4) is 11.4 Å². The summed E-state index contributed by atoms with van der Waals surface area (Å²) in [7, 11) is 0. The molecule has 0 saturated heterocycles. The number of nitrogens with one attached hydrogen (secondary N) is 1. The number of rotatable bonds is 10. The van der Waals surface area contributed by atoms with Gasteiger partial charge in [-0.25, -0.2) is 0 Å². The van der Waals surface area contributed by atoms with Gasteiger partial charge in [0.1, 0.15) is 0 Å². The van der Waals surface area contributed by atoms with Gasteiger partial charge in [-0.3, -0.25) is 14.3 Å². The van der Waals surface area contributed by atoms with Gasteiger partial charge in [-0.15, -0.1) is 10.2 Å². The lowest BCUT2D eigenvalue weighted by atomic mass is 9.96. The van der Waals surface area contributed by atoms with Crippen LogP contribution >= 0.6 is 11.8 Å². The van der Waals surface area contributed by atoms with E-state index in [4.69, 9.17) is 0 Å². The van der Waals surface area contributed by atoms with Crippen LogP contribution in [0.5, 0.6) is 0 Å². The summed E-state index contributed by atoms with van der Waals surface area (Å²) in [6.07, 6.45) is 4.46. The van der Waals surface area contributed by atoms with Crippen molar-refractivity contribution in [2.75, 3.05) is 6.54 Å². The number of aromatic nitrogens is 4. The minimum atomic E-state index is -0.308. The van der Waals surface area contributed by atoms with E-state index in [2.05, 4.69) is 56.3 Å². The van der Waals surface area contributed by atoms with E-state index in [-0.39, 0.29) is 11.2 Å². The van der Waals surface area contributed by atoms with E-state index in [1.54, 1.807) is 12.4 Å². The zero-order valence-electron chi connectivity index (χ0n) is 19.5. The molecule has 1 amide bonds. The van der Waals surface area contributed by atoms with Crippen molar-refractivity contribution < 1.29 is 4.79 Å². The molecule has 0 fully saturated rings. The maximum Gasteiger partial charge on any atom is 0.233 e. The molecule has 1 N–H and O–H groups in total. The highest BCUT2D eigenvalue weighted by atomic mass is 32.2. The van der Waals surface area contributed by atoms with E-state index in [0.717, 1.165) is 23.4 Å². The fourth-order valence-electron chi connectivity index (χ4n) is 3.80. The van der Waals surface area contributed by atoms with Crippen molar-refractivity contribution >= 4 is 17.7 Å². The van der Waals surface area contributed by atoms with Crippen LogP contribution in [0.3, 0.4) is 0 Å². The largest absolute Gasteiger partial charge is 0.355 e. The topological polar surface area (TPSA) is 72.7 Å². The Kier molecular flexibility index (Phi) is 8.09. The van der Waals surface area contributed by atoms with E-state index in [1.165, 1.54) is 17.3 Å². The molecular weight excluding hydrogens is 442 g/mol. The molecule has 0 aliphatic heterocycles. The van der Waals surface area contributed by atoms with Gasteiger partial charge in [0.25, 0.3) is 0 Å². The van der Waals surface area contributed by atoms with Crippen LogP contribution < -0.4 is 5.32 Å². The first kappa shape index (κ1) is 23.7. The van der Waals surface area contributed by atoms with E-state index >= 15 is 0 Å². The first-order chi connectivity index (χ1) is 16.7. The fourth-order valence-corrected chi connectivity index (χ4v) is 4.67. The molecule has 174 valence electrons. The second kappa shape index (κ2) is 11.6. The highest BCUT2D eigenvalue weighted by Crippen LogP contribution is 2.28. The molecule has 0 bridgehead atoms. The van der Waals surface area contributed by atoms with Crippen LogP contribution in [0, 0.1) is 0 Å². The summed E-state index contributed by atoms with van der Waals surface area (Å²) in [5, 5.41) is 12.4. The molecule has 34 heavy (non-hydrogen) atoms. The summed E-state index contributed by atoms with van der Waals surface area (Å²) in [4.78, 5) is 17.1. The lowest BCUT2D eigenvalue weighted by molar-refractivity contribution is -0.120. The Morgan fingerprint density at radius 3 is 2.32 bits per heavy atom. The molecule has 2 aromatic carbocycles. The van der Waals surface area contributed by atoms with Crippen LogP contribution in [-0.4, -0.2) is 37.5 Å². The van der Waals surface area contributed by atoms with Crippen molar-refractivity contribution in [3.05, 3.63) is 96.3 Å². The third-order valence-electron chi connectivity index (χ3n) is 5.78. The van der Waals surface area contributed by atoms with Gasteiger partial charge in [0.05, 0.1) is 11.8 Å². The lowest BCUT2D eigenvalue weighted by Gasteiger charge is -2.18. The summed E-state index contributed by atoms with van der Waals surface area (Å²) in [5.74, 6) is 1.05. The van der Waals surface area contributed by atoms with Gasteiger partial charge in [-0.1, -0.05) is 79.3 Å². The zero-order chi connectivity index (χ0) is 23.8. The number of hydrogen-bond acceptors (Lipinski definition) is 5. The van der Waals surface area contributed by atoms with Crippen molar-refractivity contribution in [1.82, 2.24) is 25.1 Å². The number of benzene rings is 2. The predicted octanol–water partition coefficient (Wildman–Crippen LogP) is 5.18. The fraction of sp³-hybridized carbons (Fsp3) is 0.259. The molecule has 2 aromatic heterocycles. The van der Waals surface area contributed by atoms with Gasteiger partial charge in [-0.2, -0.15) is 0 Å². The van der Waals surface area contributed by atoms with Crippen LogP contribution in [0.1, 0.15) is 37.3 Å². The molecule has 0 aliphatic carbocycles. The molecule has 0 unspecified atom stereocenters. The van der Waals surface area contributed by atoms with Crippen LogP contribution in [0.4, 0.5) is 0 Å². The molecule has 2 heterocycles. The van der Waals surface area contributed by atoms with E-state index < -0.39 is 0 Å². The molecular formula is C27H29N5OS. The van der Waals surface area contributed by atoms with Gasteiger partial charge >= 0.3 is 0 Å². The van der Waals surface area contributed by atoms with Crippen molar-refractivity contribution in [1.29, 1.82) is 0 Å². The smallest absolute Gasteiger partial charge is 0.233 e. The van der Waals surface area contributed by atoms with Crippen molar-refractivity contribution in [3.63, 3.8) is 0 Å². The molecule has 0 saturated carbocycles. The third kappa shape index (κ3) is 5.91. The summed E-state index contributed by atoms with van der Waals surface area (Å²) in [5.41, 5.74) is 3.33. The molecule has 6 nitrogen and oxygen atoms in total. The predicted molar refractivity (Wildman–Crippen MR) is 137 cm³/mol. The maximum atomic E-state index is 12.9. The van der Waals surface area contributed by atoms with Crippen molar-refractivity contribution in [2.45, 2.75) is 43.1 Å². The van der Waals surface area contributed by atoms with Crippen LogP contribution in [-0.2, 0) is 11.3 Å². The van der Waals surface area contributed by atoms with Crippen LogP contribution in [0.15, 0.2) is 90.3 Å². The van der Waals surface area contributed by atoms with Gasteiger partial charge in [0, 0.05) is 30.4 Å². The quantitative estimate of drug-likeness (QED) is 0.323. The summed E-state index contributed by atoms with van der Waals surface area (Å²) in [6, 6.07) is 24.4. The Morgan fingerprint density at radius 1 is 0.971 bits per heavy atom. The minimum Gasteiger partial charge on any atom is -0.355 e. The third-order valence-corrected chi connectivity index (χ3v) is 6.86. The first-order valence-electron chi connectivity index (χ1n) is 11.5. The Morgan fingerprint density at radius 2 is 1.65 bits per heavy atom. The van der Waals surface area contributed by atoms with E-state index in [0.29, 0.717) is 24.2 Å². The average Bonchev–Trinajstić information content (AvgIpc) is 3.27. The molecule has 0 spiro atoms. The second-order valence-electron chi connectivity index (χ2n) is 8.13. The van der Waals surface area contributed by atoms with E-state index in [9.17, 15) is 4.79 Å². The Balaban J connectivity index is 1.49. The molecule has 4 aromatic rings. The number of hydrogen-bond donors (Lipinski definition) is 1. The number of thioether (sulfide) groups is 1. The van der Waals surface area contributed by atoms with Gasteiger partial charge < -0.3 is 5.32 Å². The summed E-state index contributed by atoms with van der Waals surface area (Å²) in [6.45, 7) is 5.29. The molecule has 0 radical (unpaired) electrons. The highest BCUT2D eigenvalue weighted by Gasteiger charge is 2.22. The first-order valence-corrected chi connectivity index (χ1v) is 12.4. The average molecular weight is 472 g/mol. The van der Waals surface area contributed by atoms with Crippen molar-refractivity contribution in [2.24, 2.45) is 0 Å². The van der Waals surface area contributed by atoms with Gasteiger partial charge in [0.15, 0.2) is 11.0 Å². The second-order valence-corrected chi connectivity index (χ2v) is 9.44. The monoisotopic (exact) mass is 471 g/mol. The molecule has 0 aliphatic rings. The Bertz CT molecular complexity index is 1180. The number of carbonyl (C=O) groups is 1. The normalized spacial score (nSPS) is 12.8. The lowest BCUT2D eigenvalue weighted by Crippen LogP contribution is -2.34.